The summed E-state index contributed by atoms with van der Waals surface area (Å²) in [5, 5.41) is 8.25. The molecule has 0 saturated carbocycles. The van der Waals surface area contributed by atoms with Crippen molar-refractivity contribution in [1.82, 2.24) is 15.4 Å². The minimum Gasteiger partial charge on any atom is -0.427 e. The van der Waals surface area contributed by atoms with Crippen molar-refractivity contribution in [2.24, 2.45) is 10.6 Å². The Balaban J connectivity index is 1.71. The number of thiazole rings is 1. The fourth-order valence-electron chi connectivity index (χ4n) is 3.13. The standard InChI is InChI=1S/C20H25N5O10S/c1-19(2,3)16(29)32-9-33-17(30)20(6-5-12(26)35-20)25-15(28)10(7-34-25)22-14(27)13(24-31-4)11-8-36-18(21)23-11/h8,10H,5-7,9H2,1-4H3,(H2,21,23)(H,22,27)/b24-13+/t10-,20?/m0/s1. The molecule has 1 aromatic heterocycles. The lowest BCUT2D eigenvalue weighted by atomic mass is 9.98. The van der Waals surface area contributed by atoms with Crippen LogP contribution in [-0.4, -0.2) is 77.8 Å². The van der Waals surface area contributed by atoms with Crippen LogP contribution in [0.5, 0.6) is 0 Å². The molecule has 2 amide bonds. The van der Waals surface area contributed by atoms with Gasteiger partial charge in [-0.1, -0.05) is 5.16 Å². The molecule has 1 aromatic rings. The van der Waals surface area contributed by atoms with E-state index in [1.807, 2.05) is 0 Å². The normalized spacial score (nSPS) is 22.3. The minimum atomic E-state index is -2.26. The maximum atomic E-state index is 13.1. The fraction of sp³-hybridized carbons (Fsp3) is 0.550. The van der Waals surface area contributed by atoms with Crippen LogP contribution in [0.1, 0.15) is 39.3 Å². The first-order valence-corrected chi connectivity index (χ1v) is 11.4. The number of nitrogens with two attached hydrogens (primary N) is 1. The molecule has 0 radical (unpaired) electrons. The van der Waals surface area contributed by atoms with Gasteiger partial charge >= 0.3 is 23.6 Å². The average molecular weight is 528 g/mol. The Morgan fingerprint density at radius 1 is 1.33 bits per heavy atom. The van der Waals surface area contributed by atoms with Gasteiger partial charge in [0.15, 0.2) is 10.8 Å². The number of aromatic nitrogens is 1. The lowest BCUT2D eigenvalue weighted by Crippen LogP contribution is -2.57. The van der Waals surface area contributed by atoms with E-state index in [0.29, 0.717) is 5.06 Å². The van der Waals surface area contributed by atoms with Gasteiger partial charge in [0.25, 0.3) is 11.8 Å². The summed E-state index contributed by atoms with van der Waals surface area (Å²) in [5.74, 6) is -4.33. The number of amides is 2. The Bertz CT molecular complexity index is 1100. The first kappa shape index (κ1) is 26.8. The molecule has 3 heterocycles. The van der Waals surface area contributed by atoms with E-state index >= 15 is 0 Å². The highest BCUT2D eigenvalue weighted by Crippen LogP contribution is 2.35. The lowest BCUT2D eigenvalue weighted by molar-refractivity contribution is -0.262. The minimum absolute atomic E-state index is 0.120. The third-order valence-corrected chi connectivity index (χ3v) is 5.60. The zero-order valence-corrected chi connectivity index (χ0v) is 20.7. The maximum absolute atomic E-state index is 13.1. The number of nitrogens with zero attached hydrogens (tertiary/aromatic N) is 3. The second-order valence-corrected chi connectivity index (χ2v) is 9.53. The Hall–Kier alpha value is -3.79. The zero-order valence-electron chi connectivity index (χ0n) is 19.9. The van der Waals surface area contributed by atoms with Gasteiger partial charge in [-0.15, -0.1) is 11.3 Å². The van der Waals surface area contributed by atoms with Crippen LogP contribution < -0.4 is 11.1 Å². The number of nitrogen functional groups attached to an aromatic ring is 1. The largest absolute Gasteiger partial charge is 0.427 e. The van der Waals surface area contributed by atoms with Crippen molar-refractivity contribution in [2.45, 2.75) is 45.4 Å². The monoisotopic (exact) mass is 527 g/mol. The van der Waals surface area contributed by atoms with Crippen molar-refractivity contribution >= 4 is 51.9 Å². The number of rotatable bonds is 8. The van der Waals surface area contributed by atoms with Gasteiger partial charge in [0, 0.05) is 11.8 Å². The van der Waals surface area contributed by atoms with Gasteiger partial charge in [0.2, 0.25) is 6.79 Å². The molecule has 15 nitrogen and oxygen atoms in total. The molecule has 36 heavy (non-hydrogen) atoms. The predicted molar refractivity (Wildman–Crippen MR) is 119 cm³/mol. The highest BCUT2D eigenvalue weighted by atomic mass is 32.1. The van der Waals surface area contributed by atoms with Crippen LogP contribution in [-0.2, 0) is 47.9 Å². The van der Waals surface area contributed by atoms with Crippen molar-refractivity contribution in [3.05, 3.63) is 11.1 Å². The number of hydrogen-bond donors (Lipinski definition) is 2. The highest BCUT2D eigenvalue weighted by Gasteiger charge is 2.60. The average Bonchev–Trinajstić information content (AvgIpc) is 3.51. The molecule has 3 rings (SSSR count). The molecule has 16 heteroatoms. The number of carbonyl (C=O) groups excluding carboxylic acids is 5. The Morgan fingerprint density at radius 3 is 2.61 bits per heavy atom. The summed E-state index contributed by atoms with van der Waals surface area (Å²) in [6, 6.07) is -1.28. The number of cyclic esters (lactones) is 1. The second-order valence-electron chi connectivity index (χ2n) is 8.64. The summed E-state index contributed by atoms with van der Waals surface area (Å²) in [4.78, 5) is 76.5. The van der Waals surface area contributed by atoms with Crippen molar-refractivity contribution in [1.29, 1.82) is 0 Å². The van der Waals surface area contributed by atoms with Crippen molar-refractivity contribution in [3.63, 3.8) is 0 Å². The Morgan fingerprint density at radius 2 is 2.06 bits per heavy atom. The van der Waals surface area contributed by atoms with Crippen LogP contribution in [0.4, 0.5) is 5.13 Å². The summed E-state index contributed by atoms with van der Waals surface area (Å²) >= 11 is 1.07. The molecule has 0 aromatic carbocycles. The first-order valence-electron chi connectivity index (χ1n) is 10.6. The summed E-state index contributed by atoms with van der Waals surface area (Å²) in [5.41, 5.74) is 2.36. The number of anilines is 1. The number of nitrogens with one attached hydrogen (secondary N) is 1. The van der Waals surface area contributed by atoms with E-state index in [-0.39, 0.29) is 29.4 Å². The molecule has 2 aliphatic heterocycles. The third-order valence-electron chi connectivity index (χ3n) is 4.93. The molecule has 2 atom stereocenters. The molecule has 0 aliphatic carbocycles. The van der Waals surface area contributed by atoms with Gasteiger partial charge in [-0.2, -0.15) is 5.06 Å². The van der Waals surface area contributed by atoms with E-state index in [4.69, 9.17) is 24.8 Å². The van der Waals surface area contributed by atoms with Gasteiger partial charge in [-0.25, -0.2) is 9.78 Å². The zero-order chi connectivity index (χ0) is 26.7. The molecular formula is C20H25N5O10S. The summed E-state index contributed by atoms with van der Waals surface area (Å²) in [6.45, 7) is 3.65. The topological polar surface area (TPSA) is 198 Å². The van der Waals surface area contributed by atoms with E-state index in [0.717, 1.165) is 11.3 Å². The lowest BCUT2D eigenvalue weighted by Gasteiger charge is -2.32. The molecule has 2 fully saturated rings. The second kappa shape index (κ2) is 10.4. The van der Waals surface area contributed by atoms with E-state index in [1.54, 1.807) is 20.8 Å². The fourth-order valence-corrected chi connectivity index (χ4v) is 3.68. The van der Waals surface area contributed by atoms with E-state index in [2.05, 4.69) is 20.3 Å². The predicted octanol–water partition coefficient (Wildman–Crippen LogP) is -0.542. The molecule has 3 N–H and O–H groups in total. The summed E-state index contributed by atoms with van der Waals surface area (Å²) in [6.07, 6.45) is -0.490. The van der Waals surface area contributed by atoms with Crippen molar-refractivity contribution in [3.8, 4) is 0 Å². The summed E-state index contributed by atoms with van der Waals surface area (Å²) in [7, 11) is 1.22. The number of hydroxylamine groups is 2. The molecule has 2 aliphatic rings. The SMILES string of the molecule is CO/N=C(/C(=O)N[C@H]1CON(C2(C(=O)OCOC(=O)C(C)(C)C)CCC(=O)O2)C1=O)c1csc(N)n1. The van der Waals surface area contributed by atoms with Crippen LogP contribution in [0.15, 0.2) is 10.5 Å². The van der Waals surface area contributed by atoms with Crippen LogP contribution in [0, 0.1) is 5.41 Å². The van der Waals surface area contributed by atoms with Gasteiger partial charge in [-0.3, -0.25) is 24.0 Å². The van der Waals surface area contributed by atoms with Crippen LogP contribution in [0.25, 0.3) is 0 Å². The van der Waals surface area contributed by atoms with E-state index < -0.39 is 60.3 Å². The number of hydrogen-bond acceptors (Lipinski definition) is 14. The molecule has 196 valence electrons. The summed E-state index contributed by atoms with van der Waals surface area (Å²) < 4.78 is 15.0. The van der Waals surface area contributed by atoms with Crippen molar-refractivity contribution < 1.29 is 47.9 Å². The molecule has 0 spiro atoms. The third kappa shape index (κ3) is 5.54. The molecule has 0 bridgehead atoms. The molecular weight excluding hydrogens is 502 g/mol. The number of ether oxygens (including phenoxy) is 3. The van der Waals surface area contributed by atoms with Crippen LogP contribution in [0.3, 0.4) is 0 Å². The Labute approximate surface area is 208 Å². The first-order chi connectivity index (χ1) is 16.9. The molecule has 2 saturated heterocycles. The number of esters is 3. The smallest absolute Gasteiger partial charge is 0.377 e. The number of carbonyl (C=O) groups is 5. The number of oxime groups is 1. The quantitative estimate of drug-likeness (QED) is 0.190. The van der Waals surface area contributed by atoms with Gasteiger partial charge in [-0.05, 0) is 20.8 Å². The Kier molecular flexibility index (Phi) is 7.78. The van der Waals surface area contributed by atoms with Crippen LogP contribution in [0.2, 0.25) is 0 Å². The van der Waals surface area contributed by atoms with Crippen molar-refractivity contribution in [2.75, 3.05) is 26.2 Å². The van der Waals surface area contributed by atoms with E-state index in [1.165, 1.54) is 12.5 Å². The van der Waals surface area contributed by atoms with Crippen LogP contribution >= 0.6 is 11.3 Å². The highest BCUT2D eigenvalue weighted by molar-refractivity contribution is 7.13. The van der Waals surface area contributed by atoms with Gasteiger partial charge < -0.3 is 30.1 Å². The van der Waals surface area contributed by atoms with E-state index in [9.17, 15) is 24.0 Å². The maximum Gasteiger partial charge on any atom is 0.377 e. The van der Waals surface area contributed by atoms with Gasteiger partial charge in [0.05, 0.1) is 11.8 Å². The molecule has 1 unspecified atom stereocenters. The van der Waals surface area contributed by atoms with Gasteiger partial charge in [0.1, 0.15) is 25.5 Å².